The third-order valence-corrected chi connectivity index (χ3v) is 2.89. The highest BCUT2D eigenvalue weighted by molar-refractivity contribution is 4.81. The van der Waals surface area contributed by atoms with Gasteiger partial charge in [-0.2, -0.15) is 0 Å². The van der Waals surface area contributed by atoms with Gasteiger partial charge in [0.2, 0.25) is 0 Å². The fourth-order valence-corrected chi connectivity index (χ4v) is 1.85. The number of hydrogen-bond donors (Lipinski definition) is 2. The van der Waals surface area contributed by atoms with Gasteiger partial charge >= 0.3 is 0 Å². The largest absolute Gasteiger partial charge is 0.393 e. The van der Waals surface area contributed by atoms with E-state index in [1.54, 1.807) is 0 Å². The normalized spacial score (nSPS) is 27.9. The highest BCUT2D eigenvalue weighted by Gasteiger charge is 2.28. The third kappa shape index (κ3) is 4.40. The van der Waals surface area contributed by atoms with Gasteiger partial charge in [-0.15, -0.1) is 0 Å². The summed E-state index contributed by atoms with van der Waals surface area (Å²) in [5.74, 6) is 0.664. The van der Waals surface area contributed by atoms with Crippen LogP contribution in [0.5, 0.6) is 0 Å². The first-order valence-electron chi connectivity index (χ1n) is 5.46. The van der Waals surface area contributed by atoms with E-state index >= 15 is 0 Å². The summed E-state index contributed by atoms with van der Waals surface area (Å²) in [6.45, 7) is 5.66. The average Bonchev–Trinajstić information content (AvgIpc) is 1.97. The molecule has 0 aromatic rings. The molecule has 0 unspecified atom stereocenters. The smallest absolute Gasteiger partial charge is 0.0603 e. The summed E-state index contributed by atoms with van der Waals surface area (Å²) in [5.41, 5.74) is -0.562. The van der Waals surface area contributed by atoms with Gasteiger partial charge in [0.05, 0.1) is 11.7 Å². The molecule has 0 aromatic carbocycles. The number of nitrogens with zero attached hydrogens (tertiary/aromatic N) is 1. The lowest BCUT2D eigenvalue weighted by molar-refractivity contribution is 0.0202. The Morgan fingerprint density at radius 3 is 2.36 bits per heavy atom. The minimum Gasteiger partial charge on any atom is -0.393 e. The van der Waals surface area contributed by atoms with E-state index in [1.807, 2.05) is 13.8 Å². The van der Waals surface area contributed by atoms with Crippen molar-refractivity contribution >= 4 is 0 Å². The van der Waals surface area contributed by atoms with Crippen LogP contribution >= 0.6 is 0 Å². The van der Waals surface area contributed by atoms with Crippen molar-refractivity contribution in [3.05, 3.63) is 0 Å². The number of hydrogen-bond acceptors (Lipinski definition) is 3. The molecule has 0 aliphatic heterocycles. The molecule has 0 radical (unpaired) electrons. The zero-order valence-electron chi connectivity index (χ0n) is 9.53. The average molecular weight is 201 g/mol. The van der Waals surface area contributed by atoms with E-state index in [0.717, 1.165) is 32.4 Å². The first-order chi connectivity index (χ1) is 6.37. The lowest BCUT2D eigenvalue weighted by Gasteiger charge is -2.35. The van der Waals surface area contributed by atoms with Gasteiger partial charge in [0.25, 0.3) is 0 Å². The minimum absolute atomic E-state index is 0.0531. The number of aliphatic hydroxyl groups excluding tert-OH is 1. The molecular weight excluding hydrogens is 178 g/mol. The standard InChI is InChI=1S/C11H23NO2/c1-11(2,14)4-5-12(3)8-9-6-10(13)7-9/h9-10,13-14H,4-8H2,1-3H3. The van der Waals surface area contributed by atoms with E-state index in [9.17, 15) is 5.11 Å². The fraction of sp³-hybridized carbons (Fsp3) is 1.00. The van der Waals surface area contributed by atoms with Crippen LogP contribution in [0.3, 0.4) is 0 Å². The van der Waals surface area contributed by atoms with Crippen molar-refractivity contribution in [3.63, 3.8) is 0 Å². The molecule has 1 saturated carbocycles. The zero-order chi connectivity index (χ0) is 10.8. The van der Waals surface area contributed by atoms with Gasteiger partial charge in [-0.3, -0.25) is 0 Å². The molecule has 0 saturated heterocycles. The van der Waals surface area contributed by atoms with Crippen molar-refractivity contribution in [2.24, 2.45) is 5.92 Å². The van der Waals surface area contributed by atoms with Gasteiger partial charge in [-0.1, -0.05) is 0 Å². The maximum atomic E-state index is 9.55. The first-order valence-corrected chi connectivity index (χ1v) is 5.46. The van der Waals surface area contributed by atoms with Crippen LogP contribution in [0.2, 0.25) is 0 Å². The lowest BCUT2D eigenvalue weighted by Crippen LogP contribution is -2.38. The molecule has 0 aromatic heterocycles. The first kappa shape index (κ1) is 12.0. The summed E-state index contributed by atoms with van der Waals surface area (Å²) in [4.78, 5) is 2.24. The Balaban J connectivity index is 2.07. The molecule has 0 atom stereocenters. The van der Waals surface area contributed by atoms with E-state index in [1.165, 1.54) is 0 Å². The van der Waals surface area contributed by atoms with Crippen LogP contribution in [0, 0.1) is 5.92 Å². The van der Waals surface area contributed by atoms with E-state index in [4.69, 9.17) is 5.11 Å². The summed E-state index contributed by atoms with van der Waals surface area (Å²) in [6, 6.07) is 0. The maximum Gasteiger partial charge on any atom is 0.0603 e. The van der Waals surface area contributed by atoms with Gasteiger partial charge in [0.1, 0.15) is 0 Å². The predicted molar refractivity (Wildman–Crippen MR) is 57.1 cm³/mol. The fourth-order valence-electron chi connectivity index (χ4n) is 1.85. The predicted octanol–water partition coefficient (Wildman–Crippen LogP) is 0.850. The topological polar surface area (TPSA) is 43.7 Å². The molecule has 0 bridgehead atoms. The summed E-state index contributed by atoms with van der Waals surface area (Å²) >= 11 is 0. The van der Waals surface area contributed by atoms with Crippen LogP contribution in [0.1, 0.15) is 33.1 Å². The minimum atomic E-state index is -0.562. The molecule has 0 heterocycles. The highest BCUT2D eigenvalue weighted by atomic mass is 16.3. The molecule has 0 amide bonds. The van der Waals surface area contributed by atoms with Gasteiger partial charge in [-0.05, 0) is 46.1 Å². The molecule has 1 aliphatic carbocycles. The second-order valence-corrected chi connectivity index (χ2v) is 5.32. The summed E-state index contributed by atoms with van der Waals surface area (Å²) in [6.07, 6.45) is 2.65. The van der Waals surface area contributed by atoms with Crippen LogP contribution in [0.25, 0.3) is 0 Å². The maximum absolute atomic E-state index is 9.55. The highest BCUT2D eigenvalue weighted by Crippen LogP contribution is 2.27. The molecule has 3 nitrogen and oxygen atoms in total. The second-order valence-electron chi connectivity index (χ2n) is 5.32. The van der Waals surface area contributed by atoms with Crippen molar-refractivity contribution in [1.29, 1.82) is 0 Å². The zero-order valence-corrected chi connectivity index (χ0v) is 9.53. The molecule has 2 N–H and O–H groups in total. The van der Waals surface area contributed by atoms with Crippen molar-refractivity contribution in [2.75, 3.05) is 20.1 Å². The summed E-state index contributed by atoms with van der Waals surface area (Å²) < 4.78 is 0. The van der Waals surface area contributed by atoms with Gasteiger partial charge in [0.15, 0.2) is 0 Å². The third-order valence-electron chi connectivity index (χ3n) is 2.89. The number of rotatable bonds is 5. The SMILES string of the molecule is CN(CCC(C)(C)O)CC1CC(O)C1. The number of aliphatic hydroxyl groups is 2. The Labute approximate surface area is 86.7 Å². The van der Waals surface area contributed by atoms with Crippen LogP contribution in [-0.2, 0) is 0 Å². The Morgan fingerprint density at radius 2 is 1.93 bits per heavy atom. The Bertz CT molecular complexity index is 171. The molecule has 84 valence electrons. The summed E-state index contributed by atoms with van der Waals surface area (Å²) in [7, 11) is 2.08. The van der Waals surface area contributed by atoms with Crippen molar-refractivity contribution in [1.82, 2.24) is 4.90 Å². The van der Waals surface area contributed by atoms with Crippen molar-refractivity contribution in [3.8, 4) is 0 Å². The van der Waals surface area contributed by atoms with Crippen LogP contribution in [-0.4, -0.2) is 47.0 Å². The van der Waals surface area contributed by atoms with E-state index < -0.39 is 5.60 Å². The van der Waals surface area contributed by atoms with E-state index in [0.29, 0.717) is 5.92 Å². The Kier molecular flexibility index (Phi) is 3.93. The monoisotopic (exact) mass is 201 g/mol. The second kappa shape index (κ2) is 4.60. The Hall–Kier alpha value is -0.120. The van der Waals surface area contributed by atoms with Crippen molar-refractivity contribution < 1.29 is 10.2 Å². The van der Waals surface area contributed by atoms with Crippen LogP contribution in [0.4, 0.5) is 0 Å². The quantitative estimate of drug-likeness (QED) is 0.693. The molecule has 14 heavy (non-hydrogen) atoms. The molecule has 1 aliphatic rings. The molecule has 1 fully saturated rings. The molecule has 1 rings (SSSR count). The van der Waals surface area contributed by atoms with Gasteiger partial charge in [-0.25, -0.2) is 0 Å². The molecular formula is C11H23NO2. The van der Waals surface area contributed by atoms with E-state index in [2.05, 4.69) is 11.9 Å². The van der Waals surface area contributed by atoms with Gasteiger partial charge < -0.3 is 15.1 Å². The molecule has 3 heteroatoms. The molecule has 0 spiro atoms. The summed E-state index contributed by atoms with van der Waals surface area (Å²) in [5, 5.41) is 18.7. The lowest BCUT2D eigenvalue weighted by atomic mass is 9.82. The van der Waals surface area contributed by atoms with E-state index in [-0.39, 0.29) is 6.10 Å². The van der Waals surface area contributed by atoms with Crippen molar-refractivity contribution in [2.45, 2.75) is 44.8 Å². The van der Waals surface area contributed by atoms with Crippen LogP contribution in [0.15, 0.2) is 0 Å². The van der Waals surface area contributed by atoms with Gasteiger partial charge in [0, 0.05) is 13.1 Å². The Morgan fingerprint density at radius 1 is 1.36 bits per heavy atom. The van der Waals surface area contributed by atoms with Crippen LogP contribution < -0.4 is 0 Å².